The molecule has 1 nitrogen and oxygen atoms in total. The van der Waals surface area contributed by atoms with E-state index in [4.69, 9.17) is 0 Å². The molecular formula is C11H10N. The van der Waals surface area contributed by atoms with Gasteiger partial charge in [0.2, 0.25) is 0 Å². The van der Waals surface area contributed by atoms with E-state index in [0.717, 1.165) is 0 Å². The van der Waals surface area contributed by atoms with Crippen molar-refractivity contribution in [1.29, 1.82) is 0 Å². The Hall–Kier alpha value is -1.24. The first-order valence-corrected chi connectivity index (χ1v) is 4.44. The van der Waals surface area contributed by atoms with Crippen molar-refractivity contribution in [3.63, 3.8) is 0 Å². The summed E-state index contributed by atoms with van der Waals surface area (Å²) in [4.78, 5) is 0. The molecule has 0 unspecified atom stereocenters. The molecule has 0 spiro atoms. The minimum absolute atomic E-state index is 1.18. The van der Waals surface area contributed by atoms with Gasteiger partial charge in [-0.2, -0.15) is 0 Å². The van der Waals surface area contributed by atoms with Crippen molar-refractivity contribution in [2.75, 3.05) is 0 Å². The van der Waals surface area contributed by atoms with Gasteiger partial charge in [0.25, 0.3) is 0 Å². The van der Waals surface area contributed by atoms with Gasteiger partial charge in [-0.05, 0) is 18.9 Å². The lowest BCUT2D eigenvalue weighted by Crippen LogP contribution is -1.90. The van der Waals surface area contributed by atoms with E-state index in [1.165, 1.54) is 36.0 Å². The van der Waals surface area contributed by atoms with Crippen molar-refractivity contribution in [3.05, 3.63) is 36.0 Å². The molecule has 0 atom stereocenters. The van der Waals surface area contributed by atoms with Crippen LogP contribution in [0.3, 0.4) is 0 Å². The van der Waals surface area contributed by atoms with Gasteiger partial charge in [0.1, 0.15) is 0 Å². The lowest BCUT2D eigenvalue weighted by Gasteiger charge is -1.97. The van der Waals surface area contributed by atoms with E-state index >= 15 is 0 Å². The number of benzene rings is 1. The van der Waals surface area contributed by atoms with Gasteiger partial charge in [0.05, 0.1) is 5.52 Å². The molecule has 0 aliphatic carbocycles. The molecule has 1 aliphatic rings. The molecule has 0 saturated heterocycles. The lowest BCUT2D eigenvalue weighted by molar-refractivity contribution is 0.772. The third-order valence-corrected chi connectivity index (χ3v) is 2.62. The number of nitrogens with zero attached hydrogens (tertiary/aromatic N) is 1. The summed E-state index contributed by atoms with van der Waals surface area (Å²) in [6, 6.07) is 11.8. The van der Waals surface area contributed by atoms with Gasteiger partial charge < -0.3 is 4.57 Å². The Morgan fingerprint density at radius 1 is 1.42 bits per heavy atom. The molecule has 0 bridgehead atoms. The van der Waals surface area contributed by atoms with Crippen molar-refractivity contribution in [3.8, 4) is 0 Å². The maximum Gasteiger partial charge on any atom is 0.0562 e. The lowest BCUT2D eigenvalue weighted by atomic mass is 10.2. The molecule has 1 radical (unpaired) electrons. The zero-order valence-electron chi connectivity index (χ0n) is 6.88. The highest BCUT2D eigenvalue weighted by Gasteiger charge is 2.12. The first kappa shape index (κ1) is 6.30. The predicted molar refractivity (Wildman–Crippen MR) is 49.1 cm³/mol. The van der Waals surface area contributed by atoms with Crippen molar-refractivity contribution >= 4 is 10.9 Å². The van der Waals surface area contributed by atoms with Crippen LogP contribution in [0.4, 0.5) is 0 Å². The molecule has 0 saturated carbocycles. The Balaban J connectivity index is 2.44. The number of hydrogen-bond donors (Lipinski definition) is 0. The van der Waals surface area contributed by atoms with Crippen molar-refractivity contribution in [2.24, 2.45) is 0 Å². The molecule has 1 aliphatic heterocycles. The Morgan fingerprint density at radius 3 is 3.42 bits per heavy atom. The summed E-state index contributed by atoms with van der Waals surface area (Å²) in [5.41, 5.74) is 2.76. The van der Waals surface area contributed by atoms with E-state index in [1.54, 1.807) is 0 Å². The Labute approximate surface area is 71.6 Å². The van der Waals surface area contributed by atoms with E-state index in [1.807, 2.05) is 6.07 Å². The summed E-state index contributed by atoms with van der Waals surface area (Å²) in [7, 11) is 0. The van der Waals surface area contributed by atoms with Crippen LogP contribution >= 0.6 is 0 Å². The summed E-state index contributed by atoms with van der Waals surface area (Å²) in [5.74, 6) is 0. The second-order valence-electron chi connectivity index (χ2n) is 3.36. The van der Waals surface area contributed by atoms with Crippen LogP contribution in [0.1, 0.15) is 12.1 Å². The molecule has 0 N–H and O–H groups in total. The standard InChI is InChI=1S/C11H10N/c1-2-6-11-9(4-1)8-10-5-3-7-12(10)11/h1-2,4,8H,3,5,7H2. The monoisotopic (exact) mass is 156 g/mol. The van der Waals surface area contributed by atoms with Crippen LogP contribution in [-0.4, -0.2) is 4.57 Å². The van der Waals surface area contributed by atoms with Crippen LogP contribution in [0.2, 0.25) is 0 Å². The quantitative estimate of drug-likeness (QED) is 0.552. The number of fused-ring (bicyclic) bond motifs is 3. The molecule has 0 fully saturated rings. The van der Waals surface area contributed by atoms with Gasteiger partial charge >= 0.3 is 0 Å². The molecule has 2 aromatic rings. The minimum atomic E-state index is 1.18. The van der Waals surface area contributed by atoms with Crippen LogP contribution in [0.25, 0.3) is 10.9 Å². The number of rotatable bonds is 0. The number of para-hydroxylation sites is 1. The number of hydrogen-bond acceptors (Lipinski definition) is 0. The third-order valence-electron chi connectivity index (χ3n) is 2.62. The van der Waals surface area contributed by atoms with Gasteiger partial charge in [-0.25, -0.2) is 0 Å². The van der Waals surface area contributed by atoms with Crippen LogP contribution in [-0.2, 0) is 13.0 Å². The SMILES string of the molecule is [c]1cccc2cc3n(c12)CCC3. The fourth-order valence-electron chi connectivity index (χ4n) is 2.07. The topological polar surface area (TPSA) is 4.93 Å². The van der Waals surface area contributed by atoms with Gasteiger partial charge in [0, 0.05) is 23.7 Å². The highest BCUT2D eigenvalue weighted by Crippen LogP contribution is 2.24. The van der Waals surface area contributed by atoms with Crippen LogP contribution < -0.4 is 0 Å². The van der Waals surface area contributed by atoms with E-state index in [0.29, 0.717) is 0 Å². The molecule has 1 aromatic carbocycles. The number of aryl methyl sites for hydroxylation is 2. The average Bonchev–Trinajstić information content (AvgIpc) is 2.62. The van der Waals surface area contributed by atoms with Crippen LogP contribution in [0.15, 0.2) is 24.3 Å². The Bertz CT molecular complexity index is 425. The number of aromatic nitrogens is 1. The van der Waals surface area contributed by atoms with Gasteiger partial charge in [-0.3, -0.25) is 0 Å². The first-order valence-electron chi connectivity index (χ1n) is 4.44. The molecule has 0 amide bonds. The maximum atomic E-state index is 3.29. The van der Waals surface area contributed by atoms with Crippen molar-refractivity contribution in [2.45, 2.75) is 19.4 Å². The Morgan fingerprint density at radius 2 is 2.42 bits per heavy atom. The fourth-order valence-corrected chi connectivity index (χ4v) is 2.07. The van der Waals surface area contributed by atoms with E-state index in [-0.39, 0.29) is 0 Å². The second kappa shape index (κ2) is 2.13. The molecule has 12 heavy (non-hydrogen) atoms. The minimum Gasteiger partial charge on any atom is -0.344 e. The normalized spacial score (nSPS) is 15.3. The summed E-state index contributed by atoms with van der Waals surface area (Å²) in [6.45, 7) is 1.18. The summed E-state index contributed by atoms with van der Waals surface area (Å²) < 4.78 is 2.38. The second-order valence-corrected chi connectivity index (χ2v) is 3.36. The summed E-state index contributed by atoms with van der Waals surface area (Å²) in [5, 5.41) is 1.34. The molecule has 3 rings (SSSR count). The first-order chi connectivity index (χ1) is 5.95. The van der Waals surface area contributed by atoms with E-state index in [9.17, 15) is 0 Å². The predicted octanol–water partition coefficient (Wildman–Crippen LogP) is 2.39. The van der Waals surface area contributed by atoms with E-state index in [2.05, 4.69) is 28.8 Å². The zero-order valence-corrected chi connectivity index (χ0v) is 6.88. The smallest absolute Gasteiger partial charge is 0.0562 e. The van der Waals surface area contributed by atoms with Crippen molar-refractivity contribution in [1.82, 2.24) is 4.57 Å². The highest BCUT2D eigenvalue weighted by atomic mass is 15.0. The molecule has 59 valence electrons. The molecule has 1 heteroatoms. The van der Waals surface area contributed by atoms with Gasteiger partial charge in [-0.1, -0.05) is 18.2 Å². The largest absolute Gasteiger partial charge is 0.344 e. The van der Waals surface area contributed by atoms with Crippen molar-refractivity contribution < 1.29 is 0 Å². The molecule has 2 heterocycles. The molecule has 1 aromatic heterocycles. The zero-order chi connectivity index (χ0) is 7.97. The van der Waals surface area contributed by atoms with Crippen LogP contribution in [0.5, 0.6) is 0 Å². The van der Waals surface area contributed by atoms with Gasteiger partial charge in [0.15, 0.2) is 0 Å². The Kier molecular flexibility index (Phi) is 1.12. The molecular weight excluding hydrogens is 146 g/mol. The summed E-state index contributed by atoms with van der Waals surface area (Å²) >= 11 is 0. The third kappa shape index (κ3) is 0.685. The van der Waals surface area contributed by atoms with Crippen LogP contribution in [0, 0.1) is 6.07 Å². The maximum absolute atomic E-state index is 3.29. The summed E-state index contributed by atoms with van der Waals surface area (Å²) in [6.07, 6.45) is 2.54. The fraction of sp³-hybridized carbons (Fsp3) is 0.273. The van der Waals surface area contributed by atoms with Gasteiger partial charge in [-0.15, -0.1) is 0 Å². The van der Waals surface area contributed by atoms with E-state index < -0.39 is 0 Å². The highest BCUT2D eigenvalue weighted by molar-refractivity contribution is 5.81. The average molecular weight is 156 g/mol.